The van der Waals surface area contributed by atoms with Gasteiger partial charge in [0.05, 0.1) is 18.8 Å². The first kappa shape index (κ1) is 12.6. The lowest BCUT2D eigenvalue weighted by Crippen LogP contribution is -2.13. The molecular weight excluding hydrogens is 226 g/mol. The van der Waals surface area contributed by atoms with Gasteiger partial charge in [-0.3, -0.25) is 4.68 Å². The second-order valence-corrected chi connectivity index (χ2v) is 4.46. The highest BCUT2D eigenvalue weighted by Gasteiger charge is 2.18. The fourth-order valence-corrected chi connectivity index (χ4v) is 2.22. The Hall–Kier alpha value is -1.81. The Morgan fingerprint density at radius 2 is 1.83 bits per heavy atom. The van der Waals surface area contributed by atoms with Crippen LogP contribution in [0, 0.1) is 13.8 Å². The van der Waals surface area contributed by atoms with Gasteiger partial charge in [-0.05, 0) is 31.5 Å². The molecule has 96 valence electrons. The van der Waals surface area contributed by atoms with Crippen molar-refractivity contribution in [3.63, 3.8) is 0 Å². The second-order valence-electron chi connectivity index (χ2n) is 4.46. The normalized spacial score (nSPS) is 12.5. The minimum Gasteiger partial charge on any atom is -0.497 e. The average molecular weight is 245 g/mol. The molecular formula is C14H19N3O. The van der Waals surface area contributed by atoms with Gasteiger partial charge in [-0.25, -0.2) is 0 Å². The van der Waals surface area contributed by atoms with Crippen LogP contribution in [-0.2, 0) is 7.05 Å². The van der Waals surface area contributed by atoms with Gasteiger partial charge < -0.3 is 10.5 Å². The second kappa shape index (κ2) is 4.82. The third-order valence-corrected chi connectivity index (χ3v) is 3.35. The molecule has 1 heterocycles. The highest BCUT2D eigenvalue weighted by Crippen LogP contribution is 2.26. The van der Waals surface area contributed by atoms with Crippen molar-refractivity contribution in [2.24, 2.45) is 12.8 Å². The van der Waals surface area contributed by atoms with Gasteiger partial charge in [0, 0.05) is 18.3 Å². The SMILES string of the molecule is COc1ccc(C(N)c2c(C)nn(C)c2C)cc1. The summed E-state index contributed by atoms with van der Waals surface area (Å²) in [5.41, 5.74) is 10.6. The number of hydrogen-bond donors (Lipinski definition) is 1. The van der Waals surface area contributed by atoms with Crippen LogP contribution in [0.5, 0.6) is 5.75 Å². The summed E-state index contributed by atoms with van der Waals surface area (Å²) in [4.78, 5) is 0. The molecule has 0 aliphatic carbocycles. The quantitative estimate of drug-likeness (QED) is 0.901. The molecule has 0 amide bonds. The van der Waals surface area contributed by atoms with Gasteiger partial charge >= 0.3 is 0 Å². The molecule has 0 fully saturated rings. The average Bonchev–Trinajstić information content (AvgIpc) is 2.63. The van der Waals surface area contributed by atoms with E-state index in [1.165, 1.54) is 0 Å². The van der Waals surface area contributed by atoms with Gasteiger partial charge in [-0.1, -0.05) is 12.1 Å². The molecule has 0 saturated heterocycles. The molecule has 2 aromatic rings. The third kappa shape index (κ3) is 2.11. The minimum atomic E-state index is -0.149. The molecule has 1 atom stereocenters. The van der Waals surface area contributed by atoms with E-state index in [-0.39, 0.29) is 6.04 Å². The number of aromatic nitrogens is 2. The van der Waals surface area contributed by atoms with Crippen LogP contribution in [0.1, 0.15) is 28.6 Å². The van der Waals surface area contributed by atoms with Crippen molar-refractivity contribution >= 4 is 0 Å². The van der Waals surface area contributed by atoms with Crippen molar-refractivity contribution in [1.82, 2.24) is 9.78 Å². The summed E-state index contributed by atoms with van der Waals surface area (Å²) in [5.74, 6) is 0.839. The first-order chi connectivity index (χ1) is 8.54. The maximum Gasteiger partial charge on any atom is 0.118 e. The molecule has 0 aliphatic heterocycles. The predicted molar refractivity (Wildman–Crippen MR) is 71.7 cm³/mol. The molecule has 0 saturated carbocycles. The zero-order chi connectivity index (χ0) is 13.3. The standard InChI is InChI=1S/C14H19N3O/c1-9-13(10(2)17(3)16-9)14(15)11-5-7-12(18-4)8-6-11/h5-8,14H,15H2,1-4H3. The number of methoxy groups -OCH3 is 1. The van der Waals surface area contributed by atoms with Crippen molar-refractivity contribution < 1.29 is 4.74 Å². The van der Waals surface area contributed by atoms with E-state index in [9.17, 15) is 0 Å². The van der Waals surface area contributed by atoms with Crippen LogP contribution in [0.4, 0.5) is 0 Å². The number of aryl methyl sites for hydroxylation is 2. The van der Waals surface area contributed by atoms with Gasteiger partial charge in [0.25, 0.3) is 0 Å². The maximum atomic E-state index is 6.33. The van der Waals surface area contributed by atoms with E-state index in [0.29, 0.717) is 0 Å². The summed E-state index contributed by atoms with van der Waals surface area (Å²) in [5, 5.41) is 4.40. The van der Waals surface area contributed by atoms with Crippen LogP contribution in [0.25, 0.3) is 0 Å². The lowest BCUT2D eigenvalue weighted by molar-refractivity contribution is 0.414. The zero-order valence-electron chi connectivity index (χ0n) is 11.3. The first-order valence-electron chi connectivity index (χ1n) is 5.94. The predicted octanol–water partition coefficient (Wildman–Crippen LogP) is 2.09. The largest absolute Gasteiger partial charge is 0.497 e. The Morgan fingerprint density at radius 1 is 1.22 bits per heavy atom. The smallest absolute Gasteiger partial charge is 0.118 e. The fraction of sp³-hybridized carbons (Fsp3) is 0.357. The molecule has 0 spiro atoms. The van der Waals surface area contributed by atoms with Crippen LogP contribution < -0.4 is 10.5 Å². The molecule has 18 heavy (non-hydrogen) atoms. The van der Waals surface area contributed by atoms with Crippen LogP contribution in [0.3, 0.4) is 0 Å². The van der Waals surface area contributed by atoms with Crippen molar-refractivity contribution in [2.75, 3.05) is 7.11 Å². The molecule has 1 aromatic heterocycles. The first-order valence-corrected chi connectivity index (χ1v) is 5.94. The van der Waals surface area contributed by atoms with Crippen molar-refractivity contribution in [1.29, 1.82) is 0 Å². The van der Waals surface area contributed by atoms with Crippen molar-refractivity contribution in [3.05, 3.63) is 46.8 Å². The minimum absolute atomic E-state index is 0.149. The van der Waals surface area contributed by atoms with Gasteiger partial charge in [-0.15, -0.1) is 0 Å². The van der Waals surface area contributed by atoms with Gasteiger partial charge in [-0.2, -0.15) is 5.10 Å². The van der Waals surface area contributed by atoms with Crippen LogP contribution in [-0.4, -0.2) is 16.9 Å². The van der Waals surface area contributed by atoms with Gasteiger partial charge in [0.2, 0.25) is 0 Å². The van der Waals surface area contributed by atoms with E-state index >= 15 is 0 Å². The molecule has 1 unspecified atom stereocenters. The Balaban J connectivity index is 2.37. The lowest BCUT2D eigenvalue weighted by atomic mass is 9.98. The van der Waals surface area contributed by atoms with E-state index in [0.717, 1.165) is 28.3 Å². The van der Waals surface area contributed by atoms with Crippen LogP contribution in [0.2, 0.25) is 0 Å². The topological polar surface area (TPSA) is 53.1 Å². The summed E-state index contributed by atoms with van der Waals surface area (Å²) in [6, 6.07) is 7.70. The number of nitrogens with zero attached hydrogens (tertiary/aromatic N) is 2. The Labute approximate surface area is 107 Å². The number of benzene rings is 1. The Kier molecular flexibility index (Phi) is 3.39. The molecule has 2 rings (SSSR count). The van der Waals surface area contributed by atoms with Crippen molar-refractivity contribution in [3.8, 4) is 5.75 Å². The molecule has 0 bridgehead atoms. The van der Waals surface area contributed by atoms with E-state index in [1.807, 2.05) is 49.8 Å². The fourth-order valence-electron chi connectivity index (χ4n) is 2.22. The lowest BCUT2D eigenvalue weighted by Gasteiger charge is -2.13. The number of hydrogen-bond acceptors (Lipinski definition) is 3. The summed E-state index contributed by atoms with van der Waals surface area (Å²) in [7, 11) is 3.59. The summed E-state index contributed by atoms with van der Waals surface area (Å²) in [6.45, 7) is 4.03. The van der Waals surface area contributed by atoms with Crippen LogP contribution >= 0.6 is 0 Å². The summed E-state index contributed by atoms with van der Waals surface area (Å²) < 4.78 is 7.02. The van der Waals surface area contributed by atoms with E-state index in [2.05, 4.69) is 5.10 Å². The third-order valence-electron chi connectivity index (χ3n) is 3.35. The number of ether oxygens (including phenoxy) is 1. The molecule has 4 nitrogen and oxygen atoms in total. The number of rotatable bonds is 3. The van der Waals surface area contributed by atoms with Gasteiger partial charge in [0.15, 0.2) is 0 Å². The van der Waals surface area contributed by atoms with E-state index < -0.39 is 0 Å². The molecule has 0 radical (unpaired) electrons. The highest BCUT2D eigenvalue weighted by molar-refractivity contribution is 5.38. The number of nitrogens with two attached hydrogens (primary N) is 1. The molecule has 0 aliphatic rings. The highest BCUT2D eigenvalue weighted by atomic mass is 16.5. The molecule has 2 N–H and O–H groups in total. The monoisotopic (exact) mass is 245 g/mol. The van der Waals surface area contributed by atoms with Crippen LogP contribution in [0.15, 0.2) is 24.3 Å². The van der Waals surface area contributed by atoms with E-state index in [1.54, 1.807) is 7.11 Å². The molecule has 1 aromatic carbocycles. The Morgan fingerprint density at radius 3 is 2.28 bits per heavy atom. The summed E-state index contributed by atoms with van der Waals surface area (Å²) >= 11 is 0. The van der Waals surface area contributed by atoms with E-state index in [4.69, 9.17) is 10.5 Å². The maximum absolute atomic E-state index is 6.33. The summed E-state index contributed by atoms with van der Waals surface area (Å²) in [6.07, 6.45) is 0. The van der Waals surface area contributed by atoms with Gasteiger partial charge in [0.1, 0.15) is 5.75 Å². The molecule has 4 heteroatoms. The van der Waals surface area contributed by atoms with Crippen molar-refractivity contribution in [2.45, 2.75) is 19.9 Å². The Bertz CT molecular complexity index is 543. The zero-order valence-corrected chi connectivity index (χ0v) is 11.3.